The SMILES string of the molecule is O=C(C=Cc1ccc([N+](=O)[O-])cc1)Nc1cc(Oc2ccccc2)ccc1C(=O)O. The summed E-state index contributed by atoms with van der Waals surface area (Å²) >= 11 is 0. The third kappa shape index (κ3) is 5.29. The number of hydrogen-bond donors (Lipinski definition) is 2. The number of aromatic carboxylic acids is 1. The molecule has 8 heteroatoms. The molecule has 8 nitrogen and oxygen atoms in total. The molecule has 0 spiro atoms. The molecule has 0 bridgehead atoms. The quantitative estimate of drug-likeness (QED) is 0.334. The average Bonchev–Trinajstić information content (AvgIpc) is 2.73. The van der Waals surface area contributed by atoms with Crippen molar-refractivity contribution in [2.45, 2.75) is 0 Å². The third-order valence-corrected chi connectivity index (χ3v) is 3.99. The number of carbonyl (C=O) groups is 2. The fourth-order valence-electron chi connectivity index (χ4n) is 2.55. The molecule has 3 rings (SSSR count). The number of amides is 1. The molecule has 0 aliphatic rings. The van der Waals surface area contributed by atoms with Gasteiger partial charge >= 0.3 is 5.97 Å². The maximum Gasteiger partial charge on any atom is 0.337 e. The molecule has 1 amide bonds. The van der Waals surface area contributed by atoms with Gasteiger partial charge in [0, 0.05) is 24.3 Å². The lowest BCUT2D eigenvalue weighted by Gasteiger charge is -2.11. The van der Waals surface area contributed by atoms with Gasteiger partial charge < -0.3 is 15.2 Å². The van der Waals surface area contributed by atoms with E-state index >= 15 is 0 Å². The fourth-order valence-corrected chi connectivity index (χ4v) is 2.55. The largest absolute Gasteiger partial charge is 0.478 e. The molecule has 150 valence electrons. The van der Waals surface area contributed by atoms with Gasteiger partial charge in [-0.2, -0.15) is 0 Å². The van der Waals surface area contributed by atoms with Crippen molar-refractivity contribution in [1.29, 1.82) is 0 Å². The van der Waals surface area contributed by atoms with Crippen LogP contribution >= 0.6 is 0 Å². The Morgan fingerprint density at radius 3 is 2.30 bits per heavy atom. The van der Waals surface area contributed by atoms with E-state index in [4.69, 9.17) is 4.74 Å². The molecule has 0 radical (unpaired) electrons. The summed E-state index contributed by atoms with van der Waals surface area (Å²) in [6.45, 7) is 0. The van der Waals surface area contributed by atoms with Gasteiger partial charge in [-0.3, -0.25) is 14.9 Å². The van der Waals surface area contributed by atoms with Gasteiger partial charge in [-0.05, 0) is 48.0 Å². The first-order valence-electron chi connectivity index (χ1n) is 8.76. The highest BCUT2D eigenvalue weighted by atomic mass is 16.6. The molecular formula is C22H16N2O6. The summed E-state index contributed by atoms with van der Waals surface area (Å²) in [5.41, 5.74) is 0.509. The van der Waals surface area contributed by atoms with Crippen LogP contribution < -0.4 is 10.1 Å². The maximum atomic E-state index is 12.3. The molecule has 0 atom stereocenters. The molecule has 0 heterocycles. The molecule has 30 heavy (non-hydrogen) atoms. The lowest BCUT2D eigenvalue weighted by molar-refractivity contribution is -0.384. The van der Waals surface area contributed by atoms with Crippen LogP contribution in [0.4, 0.5) is 11.4 Å². The Labute approximate surface area is 171 Å². The normalized spacial score (nSPS) is 10.5. The van der Waals surface area contributed by atoms with Crippen LogP contribution in [-0.2, 0) is 4.79 Å². The Morgan fingerprint density at radius 2 is 1.67 bits per heavy atom. The average molecular weight is 404 g/mol. The number of benzene rings is 3. The minimum Gasteiger partial charge on any atom is -0.478 e. The first-order valence-corrected chi connectivity index (χ1v) is 8.76. The Hall–Kier alpha value is -4.46. The molecule has 0 saturated heterocycles. The Balaban J connectivity index is 1.76. The molecule has 3 aromatic rings. The first kappa shape index (κ1) is 20.3. The summed E-state index contributed by atoms with van der Waals surface area (Å²) in [5.74, 6) is -0.833. The summed E-state index contributed by atoms with van der Waals surface area (Å²) in [4.78, 5) is 33.9. The van der Waals surface area contributed by atoms with Crippen molar-refractivity contribution in [3.05, 3.63) is 100 Å². The zero-order valence-electron chi connectivity index (χ0n) is 15.5. The predicted molar refractivity (Wildman–Crippen MR) is 111 cm³/mol. The maximum absolute atomic E-state index is 12.3. The van der Waals surface area contributed by atoms with Gasteiger partial charge in [0.1, 0.15) is 11.5 Å². The van der Waals surface area contributed by atoms with Gasteiger partial charge in [0.25, 0.3) is 5.69 Å². The third-order valence-electron chi connectivity index (χ3n) is 3.99. The van der Waals surface area contributed by atoms with Crippen molar-refractivity contribution in [3.63, 3.8) is 0 Å². The van der Waals surface area contributed by atoms with Gasteiger partial charge in [-0.25, -0.2) is 4.79 Å². The van der Waals surface area contributed by atoms with Crippen molar-refractivity contribution >= 4 is 29.3 Å². The molecule has 0 unspecified atom stereocenters. The van der Waals surface area contributed by atoms with E-state index in [2.05, 4.69) is 5.32 Å². The molecule has 0 aliphatic carbocycles. The van der Waals surface area contributed by atoms with Gasteiger partial charge in [0.15, 0.2) is 0 Å². The Kier molecular flexibility index (Phi) is 6.19. The van der Waals surface area contributed by atoms with E-state index in [1.807, 2.05) is 6.07 Å². The number of nitrogens with zero attached hydrogens (tertiary/aromatic N) is 1. The van der Waals surface area contributed by atoms with Crippen molar-refractivity contribution in [2.75, 3.05) is 5.32 Å². The minimum absolute atomic E-state index is 0.0575. The Bertz CT molecular complexity index is 1110. The summed E-state index contributed by atoms with van der Waals surface area (Å²) in [6, 6.07) is 18.8. The highest BCUT2D eigenvalue weighted by Gasteiger charge is 2.13. The van der Waals surface area contributed by atoms with Gasteiger partial charge in [-0.15, -0.1) is 0 Å². The molecule has 3 aromatic carbocycles. The molecule has 0 aromatic heterocycles. The number of nitro groups is 1. The van der Waals surface area contributed by atoms with Crippen LogP contribution in [0.25, 0.3) is 6.08 Å². The number of carbonyl (C=O) groups excluding carboxylic acids is 1. The lowest BCUT2D eigenvalue weighted by atomic mass is 10.1. The number of rotatable bonds is 7. The van der Waals surface area contributed by atoms with Crippen molar-refractivity contribution < 1.29 is 24.4 Å². The zero-order chi connectivity index (χ0) is 21.5. The zero-order valence-corrected chi connectivity index (χ0v) is 15.5. The molecular weight excluding hydrogens is 388 g/mol. The van der Waals surface area contributed by atoms with E-state index in [0.29, 0.717) is 17.1 Å². The molecule has 0 aliphatic heterocycles. The number of nitrogens with one attached hydrogen (secondary N) is 1. The number of ether oxygens (including phenoxy) is 1. The van der Waals surface area contributed by atoms with E-state index < -0.39 is 16.8 Å². The molecule has 0 saturated carbocycles. The van der Waals surface area contributed by atoms with Crippen LogP contribution in [0, 0.1) is 10.1 Å². The first-order chi connectivity index (χ1) is 14.4. The van der Waals surface area contributed by atoms with Gasteiger partial charge in [0.05, 0.1) is 16.2 Å². The second-order valence-electron chi connectivity index (χ2n) is 6.10. The smallest absolute Gasteiger partial charge is 0.337 e. The highest BCUT2D eigenvalue weighted by molar-refractivity contribution is 6.06. The van der Waals surface area contributed by atoms with E-state index in [-0.39, 0.29) is 16.9 Å². The molecule has 2 N–H and O–H groups in total. The van der Waals surface area contributed by atoms with E-state index in [9.17, 15) is 24.8 Å². The fraction of sp³-hybridized carbons (Fsp3) is 0. The number of non-ortho nitro benzene ring substituents is 1. The summed E-state index contributed by atoms with van der Waals surface area (Å²) in [7, 11) is 0. The monoisotopic (exact) mass is 404 g/mol. The van der Waals surface area contributed by atoms with Crippen molar-refractivity contribution in [1.82, 2.24) is 0 Å². The minimum atomic E-state index is -1.20. The second kappa shape index (κ2) is 9.16. The predicted octanol–water partition coefficient (Wildman–Crippen LogP) is 4.74. The van der Waals surface area contributed by atoms with E-state index in [1.165, 1.54) is 54.6 Å². The van der Waals surface area contributed by atoms with Crippen LogP contribution in [0.3, 0.4) is 0 Å². The van der Waals surface area contributed by atoms with Gasteiger partial charge in [0.2, 0.25) is 5.91 Å². The number of carboxylic acids is 1. The number of anilines is 1. The van der Waals surface area contributed by atoms with Crippen LogP contribution in [0.1, 0.15) is 15.9 Å². The van der Waals surface area contributed by atoms with Crippen LogP contribution in [0.2, 0.25) is 0 Å². The number of nitro benzene ring substituents is 1. The lowest BCUT2D eigenvalue weighted by Crippen LogP contribution is -2.12. The van der Waals surface area contributed by atoms with Crippen molar-refractivity contribution in [3.8, 4) is 11.5 Å². The van der Waals surface area contributed by atoms with Crippen LogP contribution in [0.5, 0.6) is 11.5 Å². The summed E-state index contributed by atoms with van der Waals surface area (Å²) in [6.07, 6.45) is 2.67. The van der Waals surface area contributed by atoms with E-state index in [0.717, 1.165) is 0 Å². The number of para-hydroxylation sites is 1. The summed E-state index contributed by atoms with van der Waals surface area (Å²) in [5, 5.41) is 22.6. The Morgan fingerprint density at radius 1 is 0.967 bits per heavy atom. The summed E-state index contributed by atoms with van der Waals surface area (Å²) < 4.78 is 5.68. The number of hydrogen-bond acceptors (Lipinski definition) is 5. The van der Waals surface area contributed by atoms with Crippen molar-refractivity contribution in [2.24, 2.45) is 0 Å². The topological polar surface area (TPSA) is 119 Å². The second-order valence-corrected chi connectivity index (χ2v) is 6.10. The van der Waals surface area contributed by atoms with E-state index in [1.54, 1.807) is 24.3 Å². The highest BCUT2D eigenvalue weighted by Crippen LogP contribution is 2.27. The van der Waals surface area contributed by atoms with Gasteiger partial charge in [-0.1, -0.05) is 18.2 Å². The van der Waals surface area contributed by atoms with Crippen LogP contribution in [0.15, 0.2) is 78.9 Å². The standard InChI is InChI=1S/C22H16N2O6/c25-21(13-8-15-6-9-16(10-7-15)24(28)29)23-20-14-18(11-12-19(20)22(26)27)30-17-4-2-1-3-5-17/h1-14H,(H,23,25)(H,26,27). The molecule has 0 fully saturated rings. The number of carboxylic acid groups (broad SMARTS) is 1. The van der Waals surface area contributed by atoms with Crippen LogP contribution in [-0.4, -0.2) is 21.9 Å².